The molecule has 5 rings (SSSR count). The first-order valence-corrected chi connectivity index (χ1v) is 11.6. The van der Waals surface area contributed by atoms with Crippen LogP contribution in [0.4, 0.5) is 4.79 Å². The molecule has 2 aliphatic rings. The number of nitrogens with zero attached hydrogens (tertiary/aromatic N) is 4. The molecule has 1 aromatic heterocycles. The van der Waals surface area contributed by atoms with Gasteiger partial charge in [0.05, 0.1) is 18.7 Å². The second-order valence-corrected chi connectivity index (χ2v) is 9.03. The molecule has 8 heteroatoms. The Balaban J connectivity index is 1.41. The van der Waals surface area contributed by atoms with E-state index in [1.165, 1.54) is 22.5 Å². The Bertz CT molecular complexity index is 1210. The third kappa shape index (κ3) is 3.69. The van der Waals surface area contributed by atoms with E-state index in [9.17, 15) is 10.1 Å². The summed E-state index contributed by atoms with van der Waals surface area (Å²) in [5.74, 6) is 0.545. The number of nitrogens with one attached hydrogen (secondary N) is 1. The molecule has 3 aromatic rings. The van der Waals surface area contributed by atoms with E-state index in [4.69, 9.17) is 4.74 Å². The van der Waals surface area contributed by atoms with Gasteiger partial charge >= 0.3 is 6.03 Å². The molecule has 0 radical (unpaired) electrons. The molecule has 7 nitrogen and oxygen atoms in total. The van der Waals surface area contributed by atoms with Crippen molar-refractivity contribution < 1.29 is 9.53 Å². The smallest absolute Gasteiger partial charge is 0.317 e. The Labute approximate surface area is 190 Å². The predicted molar refractivity (Wildman–Crippen MR) is 122 cm³/mol. The number of amides is 2. The Kier molecular flexibility index (Phi) is 5.50. The number of hydrogen-bond donors (Lipinski definition) is 1. The molecule has 0 bridgehead atoms. The molecule has 1 N–H and O–H groups in total. The van der Waals surface area contributed by atoms with Gasteiger partial charge in [0.2, 0.25) is 0 Å². The van der Waals surface area contributed by atoms with Crippen LogP contribution in [-0.4, -0.2) is 41.3 Å². The fraction of sp³-hybridized carbons (Fsp3) is 0.333. The molecular formula is C24H23N5O2S. The normalized spacial score (nSPS) is 17.1. The lowest BCUT2D eigenvalue weighted by Gasteiger charge is -2.20. The summed E-state index contributed by atoms with van der Waals surface area (Å²) in [5.41, 5.74) is 4.78. The average molecular weight is 446 g/mol. The first kappa shape index (κ1) is 20.5. The number of carbonyl (C=O) groups excluding carboxylic acids is 1. The maximum atomic E-state index is 12.6. The largest absolute Gasteiger partial charge is 0.495 e. The highest BCUT2D eigenvalue weighted by Crippen LogP contribution is 2.40. The van der Waals surface area contributed by atoms with Gasteiger partial charge < -0.3 is 15.0 Å². The minimum Gasteiger partial charge on any atom is -0.495 e. The minimum atomic E-state index is 0.0326. The van der Waals surface area contributed by atoms with Gasteiger partial charge in [-0.2, -0.15) is 5.26 Å². The van der Waals surface area contributed by atoms with Crippen LogP contribution in [0.2, 0.25) is 0 Å². The first-order valence-electron chi connectivity index (χ1n) is 10.8. The van der Waals surface area contributed by atoms with Crippen LogP contribution >= 0.6 is 11.3 Å². The monoisotopic (exact) mass is 445 g/mol. The summed E-state index contributed by atoms with van der Waals surface area (Å²) < 4.78 is 5.23. The Morgan fingerprint density at radius 3 is 2.81 bits per heavy atom. The maximum Gasteiger partial charge on any atom is 0.317 e. The summed E-state index contributed by atoms with van der Waals surface area (Å²) in [7, 11) is 1.55. The van der Waals surface area contributed by atoms with Crippen molar-refractivity contribution in [2.45, 2.75) is 31.7 Å². The second kappa shape index (κ2) is 8.60. The van der Waals surface area contributed by atoms with Crippen molar-refractivity contribution in [3.8, 4) is 33.0 Å². The zero-order chi connectivity index (χ0) is 22.1. The van der Waals surface area contributed by atoms with Crippen molar-refractivity contribution in [3.05, 3.63) is 53.1 Å². The van der Waals surface area contributed by atoms with Gasteiger partial charge in [-0.1, -0.05) is 29.5 Å². The zero-order valence-corrected chi connectivity index (χ0v) is 18.6. The van der Waals surface area contributed by atoms with Crippen molar-refractivity contribution >= 4 is 17.4 Å². The summed E-state index contributed by atoms with van der Waals surface area (Å²) in [5, 5.41) is 23.0. The fourth-order valence-corrected chi connectivity index (χ4v) is 5.43. The van der Waals surface area contributed by atoms with E-state index in [0.29, 0.717) is 11.3 Å². The van der Waals surface area contributed by atoms with Gasteiger partial charge in [-0.3, -0.25) is 0 Å². The van der Waals surface area contributed by atoms with Gasteiger partial charge in [0.1, 0.15) is 21.8 Å². The average Bonchev–Trinajstić information content (AvgIpc) is 3.59. The van der Waals surface area contributed by atoms with Crippen LogP contribution < -0.4 is 10.1 Å². The van der Waals surface area contributed by atoms with Gasteiger partial charge in [0.25, 0.3) is 0 Å². The lowest BCUT2D eigenvalue weighted by atomic mass is 10.0. The molecule has 162 valence electrons. The number of fused-ring (bicyclic) bond motifs is 1. The van der Waals surface area contributed by atoms with Crippen LogP contribution in [0.15, 0.2) is 36.4 Å². The standard InChI is InChI=1S/C24H23N5O2S/c1-31-21-10-7-15(13-16(21)14-25)22-27-28-23(32-22)19-6-4-5-18-17(19)8-9-20(18)26-24(30)29-11-2-3-12-29/h4-7,10,13,20H,2-3,8-9,11-12H2,1H3,(H,26,30). The van der Waals surface area contributed by atoms with E-state index in [-0.39, 0.29) is 12.1 Å². The van der Waals surface area contributed by atoms with Crippen LogP contribution in [-0.2, 0) is 6.42 Å². The summed E-state index contributed by atoms with van der Waals surface area (Å²) in [6.07, 6.45) is 3.96. The molecule has 1 saturated heterocycles. The van der Waals surface area contributed by atoms with E-state index >= 15 is 0 Å². The van der Waals surface area contributed by atoms with Crippen molar-refractivity contribution in [1.29, 1.82) is 5.26 Å². The Hall–Kier alpha value is -3.44. The molecule has 1 unspecified atom stereocenters. The third-order valence-electron chi connectivity index (χ3n) is 6.18. The number of nitriles is 1. The molecule has 2 aromatic carbocycles. The zero-order valence-electron chi connectivity index (χ0n) is 17.8. The van der Waals surface area contributed by atoms with Gasteiger partial charge in [-0.05, 0) is 55.0 Å². The van der Waals surface area contributed by atoms with Gasteiger partial charge in [0.15, 0.2) is 0 Å². The quantitative estimate of drug-likeness (QED) is 0.636. The Morgan fingerprint density at radius 2 is 2.03 bits per heavy atom. The van der Waals surface area contributed by atoms with Crippen LogP contribution in [0.25, 0.3) is 21.1 Å². The fourth-order valence-electron chi connectivity index (χ4n) is 4.54. The summed E-state index contributed by atoms with van der Waals surface area (Å²) in [6, 6.07) is 13.9. The molecule has 2 heterocycles. The van der Waals surface area contributed by atoms with Crippen LogP contribution in [0, 0.1) is 11.3 Å². The Morgan fingerprint density at radius 1 is 1.22 bits per heavy atom. The highest BCUT2D eigenvalue weighted by Gasteiger charge is 2.29. The van der Waals surface area contributed by atoms with Crippen molar-refractivity contribution in [1.82, 2.24) is 20.4 Å². The highest BCUT2D eigenvalue weighted by molar-refractivity contribution is 7.17. The lowest BCUT2D eigenvalue weighted by molar-refractivity contribution is 0.204. The SMILES string of the molecule is COc1ccc(-c2nnc(-c3cccc4c3CCC4NC(=O)N3CCCC3)s2)cc1C#N. The van der Waals surface area contributed by atoms with Crippen LogP contribution in [0.5, 0.6) is 5.75 Å². The van der Waals surface area contributed by atoms with Crippen molar-refractivity contribution in [2.24, 2.45) is 0 Å². The number of likely N-dealkylation sites (tertiary alicyclic amines) is 1. The number of ether oxygens (including phenoxy) is 1. The van der Waals surface area contributed by atoms with E-state index in [1.54, 1.807) is 19.2 Å². The maximum absolute atomic E-state index is 12.6. The number of aromatic nitrogens is 2. The minimum absolute atomic E-state index is 0.0326. The molecule has 1 fully saturated rings. The van der Waals surface area contributed by atoms with Crippen LogP contribution in [0.3, 0.4) is 0 Å². The molecule has 0 saturated carbocycles. The number of rotatable bonds is 4. The number of carbonyl (C=O) groups is 1. The number of hydrogen-bond acceptors (Lipinski definition) is 6. The molecule has 1 atom stereocenters. The first-order chi connectivity index (χ1) is 15.7. The predicted octanol–water partition coefficient (Wildman–Crippen LogP) is 4.55. The summed E-state index contributed by atoms with van der Waals surface area (Å²) in [4.78, 5) is 14.5. The van der Waals surface area contributed by atoms with E-state index in [0.717, 1.165) is 59.9 Å². The third-order valence-corrected chi connectivity index (χ3v) is 7.19. The van der Waals surface area contributed by atoms with Crippen LogP contribution in [0.1, 0.15) is 42.0 Å². The molecule has 1 aliphatic heterocycles. The van der Waals surface area contributed by atoms with E-state index < -0.39 is 0 Å². The summed E-state index contributed by atoms with van der Waals surface area (Å²) in [6.45, 7) is 1.69. The van der Waals surface area contributed by atoms with Gasteiger partial charge in [-0.25, -0.2) is 4.79 Å². The van der Waals surface area contributed by atoms with E-state index in [1.807, 2.05) is 17.0 Å². The lowest BCUT2D eigenvalue weighted by Crippen LogP contribution is -2.39. The van der Waals surface area contributed by atoms with E-state index in [2.05, 4.69) is 33.7 Å². The second-order valence-electron chi connectivity index (χ2n) is 8.05. The number of benzene rings is 2. The highest BCUT2D eigenvalue weighted by atomic mass is 32.1. The van der Waals surface area contributed by atoms with Crippen molar-refractivity contribution in [3.63, 3.8) is 0 Å². The van der Waals surface area contributed by atoms with Gasteiger partial charge in [-0.15, -0.1) is 10.2 Å². The number of urea groups is 1. The number of methoxy groups -OCH3 is 1. The molecule has 1 aliphatic carbocycles. The molecule has 2 amide bonds. The molecule has 32 heavy (non-hydrogen) atoms. The summed E-state index contributed by atoms with van der Waals surface area (Å²) >= 11 is 1.51. The van der Waals surface area contributed by atoms with Crippen molar-refractivity contribution in [2.75, 3.05) is 20.2 Å². The molecular weight excluding hydrogens is 422 g/mol. The topological polar surface area (TPSA) is 91.1 Å². The molecule has 0 spiro atoms. The van der Waals surface area contributed by atoms with Gasteiger partial charge in [0, 0.05) is 24.2 Å².